The predicted molar refractivity (Wildman–Crippen MR) is 73.4 cm³/mol. The van der Waals surface area contributed by atoms with Crippen LogP contribution in [0, 0.1) is 5.92 Å². The van der Waals surface area contributed by atoms with Crippen LogP contribution in [-0.4, -0.2) is 29.1 Å². The molecule has 2 unspecified atom stereocenters. The summed E-state index contributed by atoms with van der Waals surface area (Å²) in [5, 5.41) is 9.00. The Labute approximate surface area is 109 Å². The summed E-state index contributed by atoms with van der Waals surface area (Å²) in [6.45, 7) is 8.78. The fraction of sp³-hybridized carbons (Fsp3) is 0.400. The maximum atomic E-state index is 10.9. The van der Waals surface area contributed by atoms with Gasteiger partial charge in [0.1, 0.15) is 0 Å². The lowest BCUT2D eigenvalue weighted by Gasteiger charge is -2.29. The topological polar surface area (TPSA) is 40.5 Å². The number of nitrogens with zero attached hydrogens (tertiary/aromatic N) is 1. The van der Waals surface area contributed by atoms with Crippen molar-refractivity contribution in [1.29, 1.82) is 0 Å². The Morgan fingerprint density at radius 3 is 2.50 bits per heavy atom. The van der Waals surface area contributed by atoms with Crippen LogP contribution in [0.25, 0.3) is 0 Å². The molecule has 1 N–H and O–H groups in total. The van der Waals surface area contributed by atoms with Crippen molar-refractivity contribution in [1.82, 2.24) is 4.90 Å². The zero-order valence-corrected chi connectivity index (χ0v) is 11.0. The summed E-state index contributed by atoms with van der Waals surface area (Å²) < 4.78 is 0. The zero-order valence-electron chi connectivity index (χ0n) is 11.0. The molecule has 1 rings (SSSR count). The standard InChI is InChI=1S/C15H21NO2/c1-4-10-16(11-12(2)15(17)18)13(3)14-8-6-5-7-9-14/h4-9,12-13H,1,10-11H2,2-3H3,(H,17,18). The van der Waals surface area contributed by atoms with Crippen molar-refractivity contribution in [2.75, 3.05) is 13.1 Å². The van der Waals surface area contributed by atoms with Gasteiger partial charge in [-0.3, -0.25) is 9.69 Å². The van der Waals surface area contributed by atoms with Crippen molar-refractivity contribution >= 4 is 5.97 Å². The number of hydrogen-bond donors (Lipinski definition) is 1. The molecule has 0 fully saturated rings. The van der Waals surface area contributed by atoms with Gasteiger partial charge in [0.2, 0.25) is 0 Å². The summed E-state index contributed by atoms with van der Waals surface area (Å²) in [4.78, 5) is 13.1. The van der Waals surface area contributed by atoms with Gasteiger partial charge in [0.05, 0.1) is 5.92 Å². The van der Waals surface area contributed by atoms with Gasteiger partial charge in [-0.1, -0.05) is 43.3 Å². The van der Waals surface area contributed by atoms with Crippen molar-refractivity contribution in [3.63, 3.8) is 0 Å². The number of rotatable bonds is 7. The van der Waals surface area contributed by atoms with Gasteiger partial charge in [0.25, 0.3) is 0 Å². The fourth-order valence-electron chi connectivity index (χ4n) is 1.93. The highest BCUT2D eigenvalue weighted by Gasteiger charge is 2.20. The molecule has 0 aliphatic carbocycles. The average molecular weight is 247 g/mol. The normalized spacial score (nSPS) is 14.2. The Bertz CT molecular complexity index is 389. The predicted octanol–water partition coefficient (Wildman–Crippen LogP) is 2.96. The minimum absolute atomic E-state index is 0.186. The fourth-order valence-corrected chi connectivity index (χ4v) is 1.93. The molecule has 98 valence electrons. The summed E-state index contributed by atoms with van der Waals surface area (Å²) in [6.07, 6.45) is 1.81. The van der Waals surface area contributed by atoms with Crippen LogP contribution in [0.3, 0.4) is 0 Å². The molecule has 0 saturated heterocycles. The molecule has 3 heteroatoms. The summed E-state index contributed by atoms with van der Waals surface area (Å²) in [7, 11) is 0. The maximum absolute atomic E-state index is 10.9. The molecule has 0 amide bonds. The number of carboxylic acid groups (broad SMARTS) is 1. The molecule has 0 aromatic heterocycles. The van der Waals surface area contributed by atoms with Crippen LogP contribution in [0.2, 0.25) is 0 Å². The van der Waals surface area contributed by atoms with E-state index in [9.17, 15) is 4.79 Å². The molecule has 18 heavy (non-hydrogen) atoms. The SMILES string of the molecule is C=CCN(CC(C)C(=O)O)C(C)c1ccccc1. The Morgan fingerprint density at radius 2 is 2.00 bits per heavy atom. The van der Waals surface area contributed by atoms with Crippen LogP contribution in [-0.2, 0) is 4.79 Å². The number of carbonyl (C=O) groups is 1. The van der Waals surface area contributed by atoms with Crippen molar-refractivity contribution in [3.05, 3.63) is 48.6 Å². The van der Waals surface area contributed by atoms with Gasteiger partial charge in [-0.15, -0.1) is 6.58 Å². The zero-order chi connectivity index (χ0) is 13.5. The van der Waals surface area contributed by atoms with Crippen LogP contribution >= 0.6 is 0 Å². The third kappa shape index (κ3) is 4.00. The van der Waals surface area contributed by atoms with Crippen LogP contribution in [0.15, 0.2) is 43.0 Å². The molecule has 0 bridgehead atoms. The van der Waals surface area contributed by atoms with E-state index in [0.717, 1.165) is 0 Å². The van der Waals surface area contributed by atoms with Gasteiger partial charge in [0.15, 0.2) is 0 Å². The lowest BCUT2D eigenvalue weighted by Crippen LogP contribution is -2.34. The smallest absolute Gasteiger partial charge is 0.307 e. The lowest BCUT2D eigenvalue weighted by atomic mass is 10.0. The first-order valence-electron chi connectivity index (χ1n) is 6.19. The highest BCUT2D eigenvalue weighted by molar-refractivity contribution is 5.69. The Morgan fingerprint density at radius 1 is 1.39 bits per heavy atom. The molecular weight excluding hydrogens is 226 g/mol. The van der Waals surface area contributed by atoms with E-state index in [1.54, 1.807) is 6.92 Å². The third-order valence-corrected chi connectivity index (χ3v) is 3.12. The lowest BCUT2D eigenvalue weighted by molar-refractivity contribution is -0.141. The van der Waals surface area contributed by atoms with Gasteiger partial charge in [-0.2, -0.15) is 0 Å². The minimum atomic E-state index is -0.760. The summed E-state index contributed by atoms with van der Waals surface area (Å²) in [5.74, 6) is -1.14. The van der Waals surface area contributed by atoms with Crippen molar-refractivity contribution < 1.29 is 9.90 Å². The molecule has 2 atom stereocenters. The Kier molecular flexibility index (Phi) is 5.59. The van der Waals surface area contributed by atoms with E-state index in [1.165, 1.54) is 5.56 Å². The van der Waals surface area contributed by atoms with E-state index in [0.29, 0.717) is 13.1 Å². The molecule has 0 heterocycles. The van der Waals surface area contributed by atoms with Crippen LogP contribution in [0.1, 0.15) is 25.5 Å². The maximum Gasteiger partial charge on any atom is 0.307 e. The van der Waals surface area contributed by atoms with E-state index in [-0.39, 0.29) is 12.0 Å². The quantitative estimate of drug-likeness (QED) is 0.753. The van der Waals surface area contributed by atoms with E-state index < -0.39 is 5.97 Å². The van der Waals surface area contributed by atoms with E-state index in [2.05, 4.69) is 30.5 Å². The van der Waals surface area contributed by atoms with E-state index >= 15 is 0 Å². The third-order valence-electron chi connectivity index (χ3n) is 3.12. The second-order valence-corrected chi connectivity index (χ2v) is 4.57. The van der Waals surface area contributed by atoms with Crippen LogP contribution in [0.4, 0.5) is 0 Å². The first-order valence-corrected chi connectivity index (χ1v) is 6.19. The van der Waals surface area contributed by atoms with Crippen molar-refractivity contribution in [2.45, 2.75) is 19.9 Å². The summed E-state index contributed by atoms with van der Waals surface area (Å²) in [5.41, 5.74) is 1.19. The van der Waals surface area contributed by atoms with Gasteiger partial charge in [-0.25, -0.2) is 0 Å². The summed E-state index contributed by atoms with van der Waals surface area (Å²) in [6, 6.07) is 10.3. The van der Waals surface area contributed by atoms with Crippen molar-refractivity contribution in [3.8, 4) is 0 Å². The molecule has 1 aromatic rings. The van der Waals surface area contributed by atoms with E-state index in [4.69, 9.17) is 5.11 Å². The first-order chi connectivity index (χ1) is 8.56. The number of hydrogen-bond acceptors (Lipinski definition) is 2. The molecule has 0 aliphatic rings. The average Bonchev–Trinajstić information content (AvgIpc) is 2.38. The summed E-state index contributed by atoms with van der Waals surface area (Å²) >= 11 is 0. The molecular formula is C15H21NO2. The second kappa shape index (κ2) is 6.97. The van der Waals surface area contributed by atoms with E-state index in [1.807, 2.05) is 24.3 Å². The molecule has 0 saturated carbocycles. The first kappa shape index (κ1) is 14.5. The monoisotopic (exact) mass is 247 g/mol. The second-order valence-electron chi connectivity index (χ2n) is 4.57. The highest BCUT2D eigenvalue weighted by atomic mass is 16.4. The molecule has 0 radical (unpaired) electrons. The van der Waals surface area contributed by atoms with Crippen LogP contribution < -0.4 is 0 Å². The molecule has 0 aliphatic heterocycles. The number of aliphatic carboxylic acids is 1. The molecule has 0 spiro atoms. The minimum Gasteiger partial charge on any atom is -0.481 e. The van der Waals surface area contributed by atoms with Gasteiger partial charge >= 0.3 is 5.97 Å². The van der Waals surface area contributed by atoms with Gasteiger partial charge in [0, 0.05) is 19.1 Å². The molecule has 3 nitrogen and oxygen atoms in total. The Hall–Kier alpha value is -1.61. The number of carboxylic acids is 1. The Balaban J connectivity index is 2.78. The van der Waals surface area contributed by atoms with Crippen molar-refractivity contribution in [2.24, 2.45) is 5.92 Å². The number of benzene rings is 1. The molecule has 1 aromatic carbocycles. The van der Waals surface area contributed by atoms with Crippen LogP contribution in [0.5, 0.6) is 0 Å². The highest BCUT2D eigenvalue weighted by Crippen LogP contribution is 2.20. The largest absolute Gasteiger partial charge is 0.481 e. The van der Waals surface area contributed by atoms with Gasteiger partial charge < -0.3 is 5.11 Å². The van der Waals surface area contributed by atoms with Gasteiger partial charge in [-0.05, 0) is 12.5 Å².